The van der Waals surface area contributed by atoms with Gasteiger partial charge in [0.05, 0.1) is 11.3 Å². The Morgan fingerprint density at radius 3 is 2.75 bits per heavy atom. The van der Waals surface area contributed by atoms with Crippen molar-refractivity contribution < 1.29 is 14.7 Å². The molecule has 0 atom stereocenters. The van der Waals surface area contributed by atoms with E-state index in [0.29, 0.717) is 5.56 Å². The summed E-state index contributed by atoms with van der Waals surface area (Å²) < 4.78 is 0. The van der Waals surface area contributed by atoms with Crippen LogP contribution >= 0.6 is 0 Å². The minimum atomic E-state index is -1.05. The Morgan fingerprint density at radius 2 is 2.19 bits per heavy atom. The number of hydrogen-bond acceptors (Lipinski definition) is 3. The van der Waals surface area contributed by atoms with Crippen LogP contribution in [0, 0.1) is 6.92 Å². The fraction of sp³-hybridized carbons (Fsp3) is 0.167. The number of aldehydes is 1. The Bertz CT molecular complexity index is 450. The first-order chi connectivity index (χ1) is 7.56. The maximum absolute atomic E-state index is 10.9. The Kier molecular flexibility index (Phi) is 3.83. The second kappa shape index (κ2) is 5.11. The summed E-state index contributed by atoms with van der Waals surface area (Å²) in [5, 5.41) is 8.93. The molecular weight excluding hydrogens is 206 g/mol. The molecule has 0 saturated carbocycles. The lowest BCUT2D eigenvalue weighted by Gasteiger charge is -2.06. The number of carbonyl (C=O) groups excluding carboxylic acids is 1. The average Bonchev–Trinajstić information content (AvgIpc) is 2.22. The molecule has 1 aromatic rings. The van der Waals surface area contributed by atoms with Crippen LogP contribution in [0.4, 0.5) is 5.69 Å². The van der Waals surface area contributed by atoms with Crippen molar-refractivity contribution in [2.75, 3.05) is 5.73 Å². The molecule has 0 radical (unpaired) electrons. The lowest BCUT2D eigenvalue weighted by molar-refractivity contribution is -0.107. The molecule has 0 fully saturated rings. The van der Waals surface area contributed by atoms with E-state index in [9.17, 15) is 9.59 Å². The Balaban J connectivity index is 3.18. The number of carboxylic acids is 1. The number of carboxylic acid groups (broad SMARTS) is 1. The summed E-state index contributed by atoms with van der Waals surface area (Å²) in [5.41, 5.74) is 7.47. The van der Waals surface area contributed by atoms with E-state index >= 15 is 0 Å². The minimum absolute atomic E-state index is 0.0887. The third-order valence-corrected chi connectivity index (χ3v) is 2.12. The predicted molar refractivity (Wildman–Crippen MR) is 62.3 cm³/mol. The topological polar surface area (TPSA) is 80.4 Å². The smallest absolute Gasteiger partial charge is 0.337 e. The van der Waals surface area contributed by atoms with Crippen LogP contribution in [0.3, 0.4) is 0 Å². The number of aromatic carboxylic acids is 1. The van der Waals surface area contributed by atoms with Gasteiger partial charge in [0.15, 0.2) is 0 Å². The highest BCUT2D eigenvalue weighted by atomic mass is 16.4. The van der Waals surface area contributed by atoms with E-state index in [4.69, 9.17) is 10.8 Å². The number of rotatable bonds is 4. The Hall–Kier alpha value is -2.10. The third kappa shape index (κ3) is 2.70. The van der Waals surface area contributed by atoms with Gasteiger partial charge in [-0.15, -0.1) is 0 Å². The van der Waals surface area contributed by atoms with Crippen LogP contribution < -0.4 is 5.73 Å². The summed E-state index contributed by atoms with van der Waals surface area (Å²) in [6, 6.07) is 3.30. The van der Waals surface area contributed by atoms with Crippen molar-refractivity contribution in [2.24, 2.45) is 0 Å². The van der Waals surface area contributed by atoms with E-state index in [1.807, 2.05) is 0 Å². The summed E-state index contributed by atoms with van der Waals surface area (Å²) in [6.45, 7) is 1.79. The number of carbonyl (C=O) groups is 2. The van der Waals surface area contributed by atoms with Crippen molar-refractivity contribution in [2.45, 2.75) is 13.3 Å². The van der Waals surface area contributed by atoms with Crippen molar-refractivity contribution in [1.82, 2.24) is 0 Å². The molecule has 4 heteroatoms. The van der Waals surface area contributed by atoms with E-state index in [1.165, 1.54) is 6.07 Å². The Morgan fingerprint density at radius 1 is 1.50 bits per heavy atom. The van der Waals surface area contributed by atoms with E-state index in [1.54, 1.807) is 25.1 Å². The molecule has 0 spiro atoms. The van der Waals surface area contributed by atoms with Crippen LogP contribution in [0.1, 0.15) is 27.9 Å². The van der Waals surface area contributed by atoms with Crippen LogP contribution in [0.15, 0.2) is 18.2 Å². The fourth-order valence-corrected chi connectivity index (χ4v) is 1.39. The molecular formula is C12H13NO3. The quantitative estimate of drug-likeness (QED) is 0.598. The minimum Gasteiger partial charge on any atom is -0.478 e. The third-order valence-electron chi connectivity index (χ3n) is 2.12. The molecule has 0 aromatic heterocycles. The van der Waals surface area contributed by atoms with Gasteiger partial charge < -0.3 is 15.6 Å². The van der Waals surface area contributed by atoms with Crippen molar-refractivity contribution >= 4 is 24.0 Å². The van der Waals surface area contributed by atoms with Crippen LogP contribution in [0.5, 0.6) is 0 Å². The van der Waals surface area contributed by atoms with Crippen LogP contribution in [-0.2, 0) is 4.79 Å². The van der Waals surface area contributed by atoms with E-state index in [0.717, 1.165) is 11.8 Å². The zero-order chi connectivity index (χ0) is 12.1. The van der Waals surface area contributed by atoms with Crippen LogP contribution in [0.25, 0.3) is 6.08 Å². The first-order valence-corrected chi connectivity index (χ1v) is 4.80. The van der Waals surface area contributed by atoms with Gasteiger partial charge in [0.25, 0.3) is 0 Å². The van der Waals surface area contributed by atoms with Crippen molar-refractivity contribution in [3.8, 4) is 0 Å². The summed E-state index contributed by atoms with van der Waals surface area (Å²) in [7, 11) is 0. The fourth-order valence-electron chi connectivity index (χ4n) is 1.39. The first kappa shape index (κ1) is 12.0. The molecule has 3 N–H and O–H groups in total. The van der Waals surface area contributed by atoms with Gasteiger partial charge in [-0.2, -0.15) is 0 Å². The molecule has 16 heavy (non-hydrogen) atoms. The molecule has 0 aliphatic carbocycles. The van der Waals surface area contributed by atoms with Gasteiger partial charge in [0.1, 0.15) is 6.29 Å². The Labute approximate surface area is 93.4 Å². The maximum atomic E-state index is 10.9. The molecule has 4 nitrogen and oxygen atoms in total. The average molecular weight is 219 g/mol. The summed E-state index contributed by atoms with van der Waals surface area (Å²) in [6.07, 6.45) is 4.35. The molecule has 0 aliphatic heterocycles. The highest BCUT2D eigenvalue weighted by Crippen LogP contribution is 2.21. The van der Waals surface area contributed by atoms with Gasteiger partial charge in [-0.3, -0.25) is 0 Å². The highest BCUT2D eigenvalue weighted by Gasteiger charge is 2.10. The van der Waals surface area contributed by atoms with Gasteiger partial charge in [-0.25, -0.2) is 4.79 Å². The largest absolute Gasteiger partial charge is 0.478 e. The van der Waals surface area contributed by atoms with Gasteiger partial charge in [-0.05, 0) is 30.2 Å². The standard InChI is InChI=1S/C12H13NO3/c1-8-6-9(4-2-3-5-14)11(13)10(7-8)12(15)16/h2,4-7H,3,13H2,1H3,(H,15,16). The molecule has 1 rings (SSSR count). The molecule has 1 aromatic carbocycles. The van der Waals surface area contributed by atoms with Crippen molar-refractivity contribution in [3.05, 3.63) is 34.9 Å². The van der Waals surface area contributed by atoms with Gasteiger partial charge >= 0.3 is 5.97 Å². The van der Waals surface area contributed by atoms with Crippen molar-refractivity contribution in [1.29, 1.82) is 0 Å². The van der Waals surface area contributed by atoms with E-state index < -0.39 is 5.97 Å². The number of benzene rings is 1. The number of nitrogen functional groups attached to an aromatic ring is 1. The maximum Gasteiger partial charge on any atom is 0.337 e. The molecule has 0 heterocycles. The number of anilines is 1. The second-order valence-electron chi connectivity index (χ2n) is 3.43. The van der Waals surface area contributed by atoms with Gasteiger partial charge in [0.2, 0.25) is 0 Å². The van der Waals surface area contributed by atoms with Crippen LogP contribution in [-0.4, -0.2) is 17.4 Å². The van der Waals surface area contributed by atoms with Gasteiger partial charge in [-0.1, -0.05) is 12.2 Å². The SMILES string of the molecule is Cc1cc(C=CCC=O)c(N)c(C(=O)O)c1. The summed E-state index contributed by atoms with van der Waals surface area (Å²) in [4.78, 5) is 21.0. The first-order valence-electron chi connectivity index (χ1n) is 4.80. The lowest BCUT2D eigenvalue weighted by Crippen LogP contribution is -2.04. The second-order valence-corrected chi connectivity index (χ2v) is 3.43. The van der Waals surface area contributed by atoms with Crippen LogP contribution in [0.2, 0.25) is 0 Å². The van der Waals surface area contributed by atoms with E-state index in [2.05, 4.69) is 0 Å². The molecule has 0 saturated heterocycles. The number of nitrogens with two attached hydrogens (primary N) is 1. The monoisotopic (exact) mass is 219 g/mol. The lowest BCUT2D eigenvalue weighted by atomic mass is 10.0. The normalized spacial score (nSPS) is 10.6. The molecule has 0 unspecified atom stereocenters. The zero-order valence-electron chi connectivity index (χ0n) is 8.93. The summed E-state index contributed by atoms with van der Waals surface area (Å²) in [5.74, 6) is -1.05. The molecule has 0 aliphatic rings. The van der Waals surface area contributed by atoms with Crippen molar-refractivity contribution in [3.63, 3.8) is 0 Å². The number of allylic oxidation sites excluding steroid dienone is 1. The molecule has 84 valence electrons. The summed E-state index contributed by atoms with van der Waals surface area (Å²) >= 11 is 0. The molecule has 0 bridgehead atoms. The predicted octanol–water partition coefficient (Wildman–Crippen LogP) is 1.88. The number of aryl methyl sites for hydroxylation is 1. The highest BCUT2D eigenvalue weighted by molar-refractivity contribution is 5.96. The molecule has 0 amide bonds. The van der Waals surface area contributed by atoms with E-state index in [-0.39, 0.29) is 17.7 Å². The number of hydrogen-bond donors (Lipinski definition) is 2. The van der Waals surface area contributed by atoms with Gasteiger partial charge in [0, 0.05) is 6.42 Å². The zero-order valence-corrected chi connectivity index (χ0v) is 8.93.